The summed E-state index contributed by atoms with van der Waals surface area (Å²) >= 11 is 9.56. The highest BCUT2D eigenvalue weighted by atomic mass is 35.5. The zero-order chi connectivity index (χ0) is 19.7. The molecule has 0 bridgehead atoms. The van der Waals surface area contributed by atoms with Crippen molar-refractivity contribution < 1.29 is 0 Å². The van der Waals surface area contributed by atoms with E-state index in [1.54, 1.807) is 11.3 Å². The highest BCUT2D eigenvalue weighted by Crippen LogP contribution is 2.41. The molecular weight excluding hydrogens is 420 g/mol. The van der Waals surface area contributed by atoms with Crippen LogP contribution in [0.5, 0.6) is 0 Å². The van der Waals surface area contributed by atoms with Gasteiger partial charge in [0, 0.05) is 23.0 Å². The standard InChI is InChI=1S/C22H23ClN4S2/c23-16-5-8-18-19(13-16)29-20(26-18)24-12-9-15-3-6-17(7-4-15)25-21-27-22(14-28-21)10-1-2-11-22/h3-8,13H,1-2,9-12,14H2,(H,24,26)(H,25,27). The normalized spacial score (nSPS) is 17.8. The molecule has 1 saturated carbocycles. The van der Waals surface area contributed by atoms with Gasteiger partial charge in [-0.25, -0.2) is 4.98 Å². The van der Waals surface area contributed by atoms with Crippen molar-refractivity contribution >= 4 is 60.9 Å². The van der Waals surface area contributed by atoms with Crippen LogP contribution in [0, 0.1) is 0 Å². The topological polar surface area (TPSA) is 49.3 Å². The molecule has 7 heteroatoms. The number of thiazole rings is 1. The van der Waals surface area contributed by atoms with Crippen molar-refractivity contribution in [3.8, 4) is 0 Å². The molecule has 0 amide bonds. The van der Waals surface area contributed by atoms with Crippen LogP contribution >= 0.6 is 34.7 Å². The van der Waals surface area contributed by atoms with Gasteiger partial charge in [-0.05, 0) is 55.2 Å². The van der Waals surface area contributed by atoms with E-state index in [4.69, 9.17) is 16.6 Å². The van der Waals surface area contributed by atoms with E-state index in [1.165, 1.54) is 31.2 Å². The molecule has 1 spiro atoms. The zero-order valence-electron chi connectivity index (χ0n) is 16.1. The molecule has 0 radical (unpaired) electrons. The molecule has 5 rings (SSSR count). The fourth-order valence-corrected chi connectivity index (χ4v) is 6.38. The number of amidine groups is 1. The van der Waals surface area contributed by atoms with Crippen molar-refractivity contribution in [3.05, 3.63) is 53.1 Å². The van der Waals surface area contributed by atoms with E-state index >= 15 is 0 Å². The van der Waals surface area contributed by atoms with Gasteiger partial charge in [-0.15, -0.1) is 0 Å². The lowest BCUT2D eigenvalue weighted by molar-refractivity contribution is 0.508. The first-order chi connectivity index (χ1) is 14.2. The molecule has 1 aromatic heterocycles. The van der Waals surface area contributed by atoms with E-state index in [9.17, 15) is 0 Å². The minimum Gasteiger partial charge on any atom is -0.361 e. The molecule has 2 aromatic carbocycles. The first kappa shape index (κ1) is 19.2. The lowest BCUT2D eigenvalue weighted by atomic mass is 10.0. The minimum atomic E-state index is 0.227. The average molecular weight is 443 g/mol. The Bertz CT molecular complexity index is 1040. The first-order valence-corrected chi connectivity index (χ1v) is 12.2. The van der Waals surface area contributed by atoms with E-state index in [0.717, 1.165) is 49.9 Å². The Morgan fingerprint density at radius 1 is 1.07 bits per heavy atom. The second kappa shape index (κ2) is 8.17. The van der Waals surface area contributed by atoms with Crippen LogP contribution in [-0.2, 0) is 6.42 Å². The molecule has 4 nitrogen and oxygen atoms in total. The minimum absolute atomic E-state index is 0.227. The molecule has 0 saturated heterocycles. The summed E-state index contributed by atoms with van der Waals surface area (Å²) in [7, 11) is 0. The summed E-state index contributed by atoms with van der Waals surface area (Å²) in [5, 5.41) is 9.70. The van der Waals surface area contributed by atoms with Crippen LogP contribution in [0.1, 0.15) is 31.2 Å². The molecule has 1 fully saturated rings. The molecule has 29 heavy (non-hydrogen) atoms. The summed E-state index contributed by atoms with van der Waals surface area (Å²) in [6.45, 7) is 0.853. The van der Waals surface area contributed by atoms with Crippen molar-refractivity contribution in [1.82, 2.24) is 4.98 Å². The maximum absolute atomic E-state index is 6.05. The van der Waals surface area contributed by atoms with Crippen molar-refractivity contribution in [3.63, 3.8) is 0 Å². The number of fused-ring (bicyclic) bond motifs is 1. The fraction of sp³-hybridized carbons (Fsp3) is 0.364. The molecule has 0 unspecified atom stereocenters. The largest absolute Gasteiger partial charge is 0.361 e. The third-order valence-electron chi connectivity index (χ3n) is 5.60. The zero-order valence-corrected chi connectivity index (χ0v) is 18.5. The Morgan fingerprint density at radius 2 is 1.90 bits per heavy atom. The van der Waals surface area contributed by atoms with Gasteiger partial charge < -0.3 is 10.6 Å². The summed E-state index contributed by atoms with van der Waals surface area (Å²) in [5.41, 5.74) is 3.64. The summed E-state index contributed by atoms with van der Waals surface area (Å²) in [6, 6.07) is 14.5. The SMILES string of the molecule is Clc1ccc2nc(NCCc3ccc(NC4=NC5(CCCC5)CS4)cc3)sc2c1. The maximum Gasteiger partial charge on any atom is 0.183 e. The lowest BCUT2D eigenvalue weighted by Gasteiger charge is -2.16. The number of nitrogens with one attached hydrogen (secondary N) is 2. The number of anilines is 2. The van der Waals surface area contributed by atoms with Crippen LogP contribution in [0.4, 0.5) is 10.8 Å². The Morgan fingerprint density at radius 3 is 2.72 bits per heavy atom. The highest BCUT2D eigenvalue weighted by Gasteiger charge is 2.38. The van der Waals surface area contributed by atoms with Crippen molar-refractivity contribution in [1.29, 1.82) is 0 Å². The average Bonchev–Trinajstić information content (AvgIpc) is 3.44. The number of rotatable bonds is 5. The Labute approximate surface area is 184 Å². The van der Waals surface area contributed by atoms with Gasteiger partial charge in [0.15, 0.2) is 10.3 Å². The van der Waals surface area contributed by atoms with Gasteiger partial charge >= 0.3 is 0 Å². The van der Waals surface area contributed by atoms with Crippen LogP contribution in [0.3, 0.4) is 0 Å². The Balaban J connectivity index is 1.14. The quantitative estimate of drug-likeness (QED) is 0.477. The van der Waals surface area contributed by atoms with Crippen LogP contribution in [0.15, 0.2) is 47.5 Å². The molecule has 2 heterocycles. The third-order valence-corrected chi connectivity index (χ3v) is 7.96. The summed E-state index contributed by atoms with van der Waals surface area (Å²) in [4.78, 5) is 9.60. The predicted octanol–water partition coefficient (Wildman–Crippen LogP) is 6.43. The van der Waals surface area contributed by atoms with E-state index in [2.05, 4.69) is 39.9 Å². The van der Waals surface area contributed by atoms with E-state index in [0.29, 0.717) is 0 Å². The number of hydrogen-bond acceptors (Lipinski definition) is 6. The molecule has 150 valence electrons. The number of thioether (sulfide) groups is 1. The molecule has 2 aliphatic rings. The van der Waals surface area contributed by atoms with E-state index < -0.39 is 0 Å². The molecule has 1 aliphatic heterocycles. The van der Waals surface area contributed by atoms with Crippen LogP contribution in [0.25, 0.3) is 10.2 Å². The fourth-order valence-electron chi connectivity index (χ4n) is 4.00. The van der Waals surface area contributed by atoms with Gasteiger partial charge in [-0.1, -0.05) is 59.7 Å². The number of aliphatic imine (C=N–C) groups is 1. The number of hydrogen-bond donors (Lipinski definition) is 2. The Hall–Kier alpha value is -1.76. The lowest BCUT2D eigenvalue weighted by Crippen LogP contribution is -2.21. The number of aromatic nitrogens is 1. The van der Waals surface area contributed by atoms with Gasteiger partial charge in [0.25, 0.3) is 0 Å². The van der Waals surface area contributed by atoms with E-state index in [1.807, 2.05) is 30.0 Å². The van der Waals surface area contributed by atoms with Gasteiger partial charge in [0.2, 0.25) is 0 Å². The van der Waals surface area contributed by atoms with Crippen molar-refractivity contribution in [2.75, 3.05) is 22.9 Å². The van der Waals surface area contributed by atoms with Gasteiger partial charge in [0.05, 0.1) is 15.8 Å². The van der Waals surface area contributed by atoms with Crippen molar-refractivity contribution in [2.45, 2.75) is 37.6 Å². The summed E-state index contributed by atoms with van der Waals surface area (Å²) < 4.78 is 1.11. The highest BCUT2D eigenvalue weighted by molar-refractivity contribution is 8.14. The molecular formula is C22H23ClN4S2. The predicted molar refractivity (Wildman–Crippen MR) is 128 cm³/mol. The van der Waals surface area contributed by atoms with Crippen LogP contribution in [-0.4, -0.2) is 28.0 Å². The monoisotopic (exact) mass is 442 g/mol. The summed E-state index contributed by atoms with van der Waals surface area (Å²) in [6.07, 6.45) is 6.10. The second-order valence-corrected chi connectivity index (χ2v) is 10.2. The molecule has 0 atom stereocenters. The molecule has 1 aliphatic carbocycles. The number of halogens is 1. The molecule has 2 N–H and O–H groups in total. The summed E-state index contributed by atoms with van der Waals surface area (Å²) in [5.74, 6) is 1.14. The smallest absolute Gasteiger partial charge is 0.183 e. The first-order valence-electron chi connectivity index (χ1n) is 10.1. The third kappa shape index (κ3) is 4.39. The second-order valence-electron chi connectivity index (χ2n) is 7.77. The van der Waals surface area contributed by atoms with E-state index in [-0.39, 0.29) is 5.54 Å². The van der Waals surface area contributed by atoms with Gasteiger partial charge in [-0.2, -0.15) is 0 Å². The van der Waals surface area contributed by atoms with Gasteiger partial charge in [0.1, 0.15) is 0 Å². The number of benzene rings is 2. The number of nitrogens with zero attached hydrogens (tertiary/aromatic N) is 2. The van der Waals surface area contributed by atoms with Gasteiger partial charge in [-0.3, -0.25) is 4.99 Å². The van der Waals surface area contributed by atoms with Crippen LogP contribution in [0.2, 0.25) is 5.02 Å². The van der Waals surface area contributed by atoms with Crippen molar-refractivity contribution in [2.24, 2.45) is 4.99 Å². The molecule has 3 aromatic rings. The maximum atomic E-state index is 6.05. The van der Waals surface area contributed by atoms with Crippen LogP contribution < -0.4 is 10.6 Å². The Kier molecular flexibility index (Phi) is 5.41.